The van der Waals surface area contributed by atoms with Gasteiger partial charge in [0.1, 0.15) is 5.75 Å². The number of ketones is 1. The molecule has 2 fully saturated rings. The molecule has 2 aliphatic rings. The van der Waals surface area contributed by atoms with Crippen molar-refractivity contribution in [2.24, 2.45) is 0 Å². The smallest absolute Gasteiger partial charge is 0.181 e. The number of piperazine rings is 1. The second-order valence-electron chi connectivity index (χ2n) is 7.52. The van der Waals surface area contributed by atoms with Crippen LogP contribution in [0.3, 0.4) is 0 Å². The van der Waals surface area contributed by atoms with E-state index in [9.17, 15) is 4.79 Å². The van der Waals surface area contributed by atoms with E-state index in [0.29, 0.717) is 6.04 Å². The number of carbonyl (C=O) groups excluding carboxylic acids is 1. The summed E-state index contributed by atoms with van der Waals surface area (Å²) >= 11 is 0. The maximum absolute atomic E-state index is 13.3. The summed E-state index contributed by atoms with van der Waals surface area (Å²) in [6.45, 7) is 6.05. The van der Waals surface area contributed by atoms with Crippen molar-refractivity contribution >= 4 is 16.6 Å². The molecule has 1 saturated heterocycles. The quantitative estimate of drug-likeness (QED) is 0.770. The second-order valence-corrected chi connectivity index (χ2v) is 7.52. The molecule has 4 rings (SSSR count). The summed E-state index contributed by atoms with van der Waals surface area (Å²) in [5.74, 6) is 1.10. The summed E-state index contributed by atoms with van der Waals surface area (Å²) in [6, 6.07) is 12.7. The number of ether oxygens (including phenoxy) is 1. The molecule has 1 heterocycles. The standard InChI is InChI=1S/C22H28N2O2/c1-3-23-11-12-24(19-5-4-6-19)15-21(23)22(25)18-8-7-17-14-20(26-2)10-9-16(17)13-18/h7-10,13-14,19,21H,3-6,11-12,15H2,1-2H3. The van der Waals surface area contributed by atoms with Gasteiger partial charge in [-0.3, -0.25) is 14.6 Å². The lowest BCUT2D eigenvalue weighted by molar-refractivity contribution is 0.0257. The fourth-order valence-corrected chi connectivity index (χ4v) is 4.25. The minimum Gasteiger partial charge on any atom is -0.497 e. The van der Waals surface area contributed by atoms with Crippen molar-refractivity contribution in [1.29, 1.82) is 0 Å². The van der Waals surface area contributed by atoms with Gasteiger partial charge in [-0.05, 0) is 48.4 Å². The van der Waals surface area contributed by atoms with Gasteiger partial charge in [-0.25, -0.2) is 0 Å². The zero-order valence-electron chi connectivity index (χ0n) is 15.8. The molecule has 0 amide bonds. The van der Waals surface area contributed by atoms with Crippen molar-refractivity contribution in [1.82, 2.24) is 9.80 Å². The fourth-order valence-electron chi connectivity index (χ4n) is 4.25. The van der Waals surface area contributed by atoms with E-state index in [2.05, 4.69) is 16.7 Å². The Morgan fingerprint density at radius 2 is 1.88 bits per heavy atom. The lowest BCUT2D eigenvalue weighted by Gasteiger charge is -2.46. The summed E-state index contributed by atoms with van der Waals surface area (Å²) in [6.07, 6.45) is 3.93. The maximum atomic E-state index is 13.3. The molecule has 2 aromatic carbocycles. The van der Waals surface area contributed by atoms with Gasteiger partial charge < -0.3 is 4.74 Å². The van der Waals surface area contributed by atoms with Gasteiger partial charge in [0.25, 0.3) is 0 Å². The molecule has 2 aromatic rings. The van der Waals surface area contributed by atoms with Crippen LogP contribution in [-0.4, -0.2) is 61.0 Å². The van der Waals surface area contributed by atoms with Gasteiger partial charge in [0, 0.05) is 31.2 Å². The van der Waals surface area contributed by atoms with Crippen molar-refractivity contribution in [2.45, 2.75) is 38.3 Å². The number of likely N-dealkylation sites (N-methyl/N-ethyl adjacent to an activating group) is 1. The number of benzene rings is 2. The molecular formula is C22H28N2O2. The normalized spacial score (nSPS) is 22.3. The van der Waals surface area contributed by atoms with Crippen LogP contribution in [0.4, 0.5) is 0 Å². The van der Waals surface area contributed by atoms with Gasteiger partial charge in [0.15, 0.2) is 5.78 Å². The van der Waals surface area contributed by atoms with E-state index in [1.165, 1.54) is 19.3 Å². The van der Waals surface area contributed by atoms with E-state index in [0.717, 1.165) is 48.3 Å². The molecule has 138 valence electrons. The molecule has 0 aromatic heterocycles. The molecule has 0 N–H and O–H groups in total. The molecule has 4 nitrogen and oxygen atoms in total. The molecule has 0 radical (unpaired) electrons. The largest absolute Gasteiger partial charge is 0.497 e. The zero-order chi connectivity index (χ0) is 18.1. The Bertz CT molecular complexity index is 800. The highest BCUT2D eigenvalue weighted by Crippen LogP contribution is 2.28. The van der Waals surface area contributed by atoms with Gasteiger partial charge in [-0.2, -0.15) is 0 Å². The Hall–Kier alpha value is -1.91. The summed E-state index contributed by atoms with van der Waals surface area (Å²) in [5.41, 5.74) is 0.821. The number of Topliss-reactive ketones (excluding diaryl/α,β-unsaturated/α-hetero) is 1. The van der Waals surface area contributed by atoms with E-state index in [1.54, 1.807) is 7.11 Å². The molecule has 1 atom stereocenters. The maximum Gasteiger partial charge on any atom is 0.181 e. The van der Waals surface area contributed by atoms with Gasteiger partial charge in [0.05, 0.1) is 13.2 Å². The lowest BCUT2D eigenvalue weighted by atomic mass is 9.89. The van der Waals surface area contributed by atoms with Crippen molar-refractivity contribution in [2.75, 3.05) is 33.3 Å². The first kappa shape index (κ1) is 17.5. The molecule has 0 spiro atoms. The van der Waals surface area contributed by atoms with Crippen LogP contribution in [0.5, 0.6) is 5.75 Å². The Morgan fingerprint density at radius 1 is 1.12 bits per heavy atom. The van der Waals surface area contributed by atoms with E-state index in [4.69, 9.17) is 4.74 Å². The van der Waals surface area contributed by atoms with Crippen LogP contribution < -0.4 is 4.74 Å². The Morgan fingerprint density at radius 3 is 2.58 bits per heavy atom. The van der Waals surface area contributed by atoms with Crippen molar-refractivity contribution < 1.29 is 9.53 Å². The van der Waals surface area contributed by atoms with Crippen LogP contribution in [0.2, 0.25) is 0 Å². The van der Waals surface area contributed by atoms with Crippen LogP contribution in [-0.2, 0) is 0 Å². The Kier molecular flexibility index (Phi) is 4.96. The number of carbonyl (C=O) groups is 1. The molecule has 26 heavy (non-hydrogen) atoms. The van der Waals surface area contributed by atoms with Gasteiger partial charge in [0.2, 0.25) is 0 Å². The highest BCUT2D eigenvalue weighted by Gasteiger charge is 2.36. The first-order valence-corrected chi connectivity index (χ1v) is 9.79. The van der Waals surface area contributed by atoms with Gasteiger partial charge in [-0.15, -0.1) is 0 Å². The number of fused-ring (bicyclic) bond motifs is 1. The van der Waals surface area contributed by atoms with E-state index in [-0.39, 0.29) is 11.8 Å². The molecule has 1 unspecified atom stereocenters. The SMILES string of the molecule is CCN1CCN(C2CCC2)CC1C(=O)c1ccc2cc(OC)ccc2c1. The highest BCUT2D eigenvalue weighted by molar-refractivity contribution is 6.03. The highest BCUT2D eigenvalue weighted by atomic mass is 16.5. The number of rotatable bonds is 5. The van der Waals surface area contributed by atoms with Crippen LogP contribution in [0.25, 0.3) is 10.8 Å². The summed E-state index contributed by atoms with van der Waals surface area (Å²) < 4.78 is 5.29. The molecule has 0 bridgehead atoms. The lowest BCUT2D eigenvalue weighted by Crippen LogP contribution is -2.59. The number of nitrogens with zero attached hydrogens (tertiary/aromatic N) is 2. The molecule has 1 saturated carbocycles. The Balaban J connectivity index is 1.58. The third-order valence-electron chi connectivity index (χ3n) is 6.15. The molecule has 4 heteroatoms. The van der Waals surface area contributed by atoms with Crippen LogP contribution in [0.1, 0.15) is 36.5 Å². The van der Waals surface area contributed by atoms with Gasteiger partial charge in [-0.1, -0.05) is 31.5 Å². The van der Waals surface area contributed by atoms with Crippen molar-refractivity contribution in [3.63, 3.8) is 0 Å². The summed E-state index contributed by atoms with van der Waals surface area (Å²) in [4.78, 5) is 18.2. The first-order valence-electron chi connectivity index (χ1n) is 9.79. The average molecular weight is 352 g/mol. The average Bonchev–Trinajstić information content (AvgIpc) is 2.65. The monoisotopic (exact) mass is 352 g/mol. The van der Waals surface area contributed by atoms with E-state index < -0.39 is 0 Å². The van der Waals surface area contributed by atoms with Crippen molar-refractivity contribution in [3.8, 4) is 5.75 Å². The van der Waals surface area contributed by atoms with E-state index >= 15 is 0 Å². The zero-order valence-corrected chi connectivity index (χ0v) is 15.8. The minimum atomic E-state index is -0.0231. The fraction of sp³-hybridized carbons (Fsp3) is 0.500. The van der Waals surface area contributed by atoms with Crippen LogP contribution in [0.15, 0.2) is 36.4 Å². The topological polar surface area (TPSA) is 32.8 Å². The first-order chi connectivity index (χ1) is 12.7. The third-order valence-corrected chi connectivity index (χ3v) is 6.15. The molecular weight excluding hydrogens is 324 g/mol. The minimum absolute atomic E-state index is 0.0231. The van der Waals surface area contributed by atoms with Crippen LogP contribution in [0, 0.1) is 0 Å². The second kappa shape index (κ2) is 7.37. The Labute approximate surface area is 155 Å². The molecule has 1 aliphatic heterocycles. The number of hydrogen-bond donors (Lipinski definition) is 0. The van der Waals surface area contributed by atoms with Gasteiger partial charge >= 0.3 is 0 Å². The number of hydrogen-bond acceptors (Lipinski definition) is 4. The summed E-state index contributed by atoms with van der Waals surface area (Å²) in [7, 11) is 1.68. The number of methoxy groups -OCH3 is 1. The van der Waals surface area contributed by atoms with Crippen molar-refractivity contribution in [3.05, 3.63) is 42.0 Å². The predicted octanol–water partition coefficient (Wildman–Crippen LogP) is 3.59. The van der Waals surface area contributed by atoms with Crippen LogP contribution >= 0.6 is 0 Å². The molecule has 1 aliphatic carbocycles. The van der Waals surface area contributed by atoms with E-state index in [1.807, 2.05) is 36.4 Å². The third kappa shape index (κ3) is 3.24. The summed E-state index contributed by atoms with van der Waals surface area (Å²) in [5, 5.41) is 2.19. The predicted molar refractivity (Wildman–Crippen MR) is 105 cm³/mol.